The van der Waals surface area contributed by atoms with E-state index in [0.717, 1.165) is 0 Å². The summed E-state index contributed by atoms with van der Waals surface area (Å²) in [7, 11) is 1.46. The van der Waals surface area contributed by atoms with Crippen LogP contribution in [0.15, 0.2) is 0 Å². The predicted molar refractivity (Wildman–Crippen MR) is 130 cm³/mol. The topological polar surface area (TPSA) is 114 Å². The van der Waals surface area contributed by atoms with Crippen LogP contribution in [0.1, 0.15) is 36.5 Å². The molecule has 0 radical (unpaired) electrons. The Hall–Kier alpha value is -1.37. The molecule has 0 aliphatic heterocycles. The molecule has 0 bridgehead atoms. The van der Waals surface area contributed by atoms with E-state index in [4.69, 9.17) is 28.4 Å². The average molecular weight is 501 g/mol. The molecule has 0 aromatic heterocycles. The molecular weight excluding hydrogens is 451 g/mol. The number of methoxy groups -OCH3 is 1. The average Bonchev–Trinajstić information content (AvgIpc) is 2.83. The molecular formula is C23H49FN2O8. The van der Waals surface area contributed by atoms with Crippen LogP contribution in [-0.2, 0) is 38.0 Å². The molecule has 0 fully saturated rings. The van der Waals surface area contributed by atoms with Crippen molar-refractivity contribution in [3.8, 4) is 0 Å². The van der Waals surface area contributed by atoms with Crippen molar-refractivity contribution in [1.29, 1.82) is 0 Å². The zero-order valence-corrected chi connectivity index (χ0v) is 21.3. The third-order valence-corrected chi connectivity index (χ3v) is 5.22. The summed E-state index contributed by atoms with van der Waals surface area (Å²) in [5.41, 5.74) is -0.456. The second kappa shape index (κ2) is 22.1. The number of alkyl halides is 1. The van der Waals surface area contributed by atoms with Gasteiger partial charge in [0.2, 0.25) is 11.8 Å². The molecule has 0 rings (SSSR count). The minimum absolute atomic E-state index is 0. The number of carbonyl (C=O) groups excluding carboxylic acids is 2. The summed E-state index contributed by atoms with van der Waals surface area (Å²) >= 11 is 0. The normalized spacial score (nSPS) is 12.5. The Balaban J connectivity index is -0.00000544. The van der Waals surface area contributed by atoms with E-state index in [1.807, 2.05) is 20.8 Å². The molecule has 2 amide bonds. The first kappa shape index (κ1) is 32.6. The first-order valence-electron chi connectivity index (χ1n) is 12.0. The quantitative estimate of drug-likeness (QED) is 0.192. The number of amides is 2. The Morgan fingerprint density at radius 3 is 1.76 bits per heavy atom. The number of ether oxygens (including phenoxy) is 6. The van der Waals surface area contributed by atoms with Gasteiger partial charge in [0.05, 0.1) is 72.6 Å². The van der Waals surface area contributed by atoms with Gasteiger partial charge in [-0.1, -0.05) is 20.8 Å². The molecule has 0 aromatic carbocycles. The number of nitrogens with one attached hydrogen (secondary N) is 2. The van der Waals surface area contributed by atoms with E-state index >= 15 is 0 Å². The van der Waals surface area contributed by atoms with Crippen LogP contribution < -0.4 is 10.6 Å². The highest BCUT2D eigenvalue weighted by Crippen LogP contribution is 2.25. The fraction of sp³-hybridized carbons (Fsp3) is 0.913. The lowest BCUT2D eigenvalue weighted by Gasteiger charge is -2.25. The first-order valence-corrected chi connectivity index (χ1v) is 12.0. The van der Waals surface area contributed by atoms with Gasteiger partial charge in [0.25, 0.3) is 0 Å². The van der Waals surface area contributed by atoms with Crippen molar-refractivity contribution in [3.05, 3.63) is 0 Å². The molecule has 10 nitrogen and oxygen atoms in total. The number of halogens is 1. The number of carbonyl (C=O) groups is 2. The third-order valence-electron chi connectivity index (χ3n) is 5.22. The van der Waals surface area contributed by atoms with Crippen molar-refractivity contribution in [2.75, 3.05) is 92.9 Å². The van der Waals surface area contributed by atoms with Crippen molar-refractivity contribution in [1.82, 2.24) is 10.6 Å². The van der Waals surface area contributed by atoms with Gasteiger partial charge >= 0.3 is 0 Å². The molecule has 0 saturated carbocycles. The number of hydrogen-bond acceptors (Lipinski definition) is 8. The molecule has 34 heavy (non-hydrogen) atoms. The van der Waals surface area contributed by atoms with E-state index in [9.17, 15) is 14.0 Å². The lowest BCUT2D eigenvalue weighted by atomic mass is 9.84. The Morgan fingerprint density at radius 1 is 0.824 bits per heavy atom. The molecule has 0 aliphatic carbocycles. The summed E-state index contributed by atoms with van der Waals surface area (Å²) in [6.07, 6.45) is 0.174. The highest BCUT2D eigenvalue weighted by Gasteiger charge is 2.29. The molecule has 206 valence electrons. The SMILES string of the molecule is CCC(C)(CC)C(=O)NCC(F)COCCOCCOCCOCCOCCNC(=O)COC.[HH].[HH]. The van der Waals surface area contributed by atoms with Crippen molar-refractivity contribution < 1.29 is 45.3 Å². The Bertz CT molecular complexity index is 521. The van der Waals surface area contributed by atoms with Gasteiger partial charge in [0.15, 0.2) is 0 Å². The standard InChI is InChI=1S/C23H45FN2O8.2H2/c1-5-23(3,6-2)22(28)26-17-20(24)18-34-16-15-33-14-13-32-12-11-31-10-9-30-8-7-25-21(27)19-29-4;;/h20H,5-19H2,1-4H3,(H,25,27)(H,26,28);2*1H. The van der Waals surface area contributed by atoms with E-state index in [1.54, 1.807) is 0 Å². The van der Waals surface area contributed by atoms with E-state index < -0.39 is 11.6 Å². The zero-order valence-electron chi connectivity index (χ0n) is 21.3. The monoisotopic (exact) mass is 500 g/mol. The zero-order chi connectivity index (χ0) is 25.5. The largest absolute Gasteiger partial charge is 0.377 e. The van der Waals surface area contributed by atoms with Gasteiger partial charge < -0.3 is 39.1 Å². The summed E-state index contributed by atoms with van der Waals surface area (Å²) in [6.45, 7) is 9.75. The van der Waals surface area contributed by atoms with Crippen LogP contribution in [-0.4, -0.2) is 111 Å². The van der Waals surface area contributed by atoms with Gasteiger partial charge in [-0.3, -0.25) is 9.59 Å². The Morgan fingerprint density at radius 2 is 1.29 bits per heavy atom. The summed E-state index contributed by atoms with van der Waals surface area (Å²) in [6, 6.07) is 0. The van der Waals surface area contributed by atoms with Crippen molar-refractivity contribution in [2.24, 2.45) is 5.41 Å². The molecule has 0 heterocycles. The fourth-order valence-corrected chi connectivity index (χ4v) is 2.58. The lowest BCUT2D eigenvalue weighted by Crippen LogP contribution is -2.41. The predicted octanol–water partition coefficient (Wildman–Crippen LogP) is 1.60. The Labute approximate surface area is 206 Å². The molecule has 0 saturated heterocycles. The maximum Gasteiger partial charge on any atom is 0.246 e. The van der Waals surface area contributed by atoms with Crippen LogP contribution in [0.4, 0.5) is 4.39 Å². The third kappa shape index (κ3) is 18.0. The van der Waals surface area contributed by atoms with Gasteiger partial charge in [-0.2, -0.15) is 0 Å². The molecule has 0 aromatic rings. The highest BCUT2D eigenvalue weighted by molar-refractivity contribution is 5.82. The fourth-order valence-electron chi connectivity index (χ4n) is 2.58. The van der Waals surface area contributed by atoms with E-state index in [-0.39, 0.29) is 41.0 Å². The maximum absolute atomic E-state index is 13.9. The molecule has 0 aliphatic rings. The van der Waals surface area contributed by atoms with Crippen LogP contribution in [0.2, 0.25) is 0 Å². The van der Waals surface area contributed by atoms with Gasteiger partial charge in [-0.25, -0.2) is 4.39 Å². The molecule has 2 N–H and O–H groups in total. The van der Waals surface area contributed by atoms with Gasteiger partial charge in [0, 0.05) is 21.9 Å². The highest BCUT2D eigenvalue weighted by atomic mass is 19.1. The van der Waals surface area contributed by atoms with Gasteiger partial charge in [0.1, 0.15) is 12.8 Å². The van der Waals surface area contributed by atoms with Crippen LogP contribution in [0.25, 0.3) is 0 Å². The van der Waals surface area contributed by atoms with Crippen LogP contribution in [0.3, 0.4) is 0 Å². The molecule has 1 atom stereocenters. The Kier molecular flexibility index (Phi) is 21.2. The summed E-state index contributed by atoms with van der Waals surface area (Å²) in [5.74, 6) is -0.295. The van der Waals surface area contributed by atoms with Gasteiger partial charge in [-0.15, -0.1) is 0 Å². The van der Waals surface area contributed by atoms with E-state index in [1.165, 1.54) is 7.11 Å². The van der Waals surface area contributed by atoms with Crippen LogP contribution in [0, 0.1) is 5.41 Å². The van der Waals surface area contributed by atoms with Gasteiger partial charge in [-0.05, 0) is 12.8 Å². The second-order valence-electron chi connectivity index (χ2n) is 7.88. The second-order valence-corrected chi connectivity index (χ2v) is 7.88. The van der Waals surface area contributed by atoms with Crippen molar-refractivity contribution in [3.63, 3.8) is 0 Å². The maximum atomic E-state index is 13.9. The smallest absolute Gasteiger partial charge is 0.246 e. The first-order chi connectivity index (χ1) is 16.4. The summed E-state index contributed by atoms with van der Waals surface area (Å²) in [5, 5.41) is 5.31. The van der Waals surface area contributed by atoms with E-state index in [0.29, 0.717) is 72.2 Å². The minimum Gasteiger partial charge on any atom is -0.377 e. The van der Waals surface area contributed by atoms with Crippen molar-refractivity contribution >= 4 is 11.8 Å². The molecule has 0 spiro atoms. The lowest BCUT2D eigenvalue weighted by molar-refractivity contribution is -0.131. The summed E-state index contributed by atoms with van der Waals surface area (Å²) in [4.78, 5) is 23.2. The minimum atomic E-state index is -1.25. The van der Waals surface area contributed by atoms with Crippen LogP contribution >= 0.6 is 0 Å². The number of hydrogen-bond donors (Lipinski definition) is 2. The number of rotatable bonds is 24. The molecule has 1 unspecified atom stereocenters. The summed E-state index contributed by atoms with van der Waals surface area (Å²) < 4.78 is 45.2. The van der Waals surface area contributed by atoms with Crippen molar-refractivity contribution in [2.45, 2.75) is 39.8 Å². The van der Waals surface area contributed by atoms with Crippen LogP contribution in [0.5, 0.6) is 0 Å². The molecule has 11 heteroatoms. The van der Waals surface area contributed by atoms with E-state index in [2.05, 4.69) is 10.6 Å².